The Labute approximate surface area is 101 Å². The van der Waals surface area contributed by atoms with Crippen molar-refractivity contribution < 1.29 is 14.2 Å². The first-order chi connectivity index (χ1) is 8.20. The van der Waals surface area contributed by atoms with E-state index in [0.717, 1.165) is 19.4 Å². The predicted molar refractivity (Wildman–Crippen MR) is 64.1 cm³/mol. The van der Waals surface area contributed by atoms with Gasteiger partial charge in [0.2, 0.25) is 0 Å². The number of ether oxygens (including phenoxy) is 1. The van der Waals surface area contributed by atoms with E-state index in [1.165, 1.54) is 6.07 Å². The molecule has 3 heteroatoms. The van der Waals surface area contributed by atoms with E-state index in [1.54, 1.807) is 18.2 Å². The lowest BCUT2D eigenvalue weighted by Crippen LogP contribution is -2.32. The summed E-state index contributed by atoms with van der Waals surface area (Å²) in [5, 5.41) is 9.97. The molecule has 1 aliphatic rings. The SMILES string of the molecule is CCOC1CC(CC(O)c2ccccc2F)C1. The molecule has 1 unspecified atom stereocenters. The van der Waals surface area contributed by atoms with Crippen molar-refractivity contribution in [3.8, 4) is 0 Å². The molecule has 1 saturated carbocycles. The monoisotopic (exact) mass is 238 g/mol. The van der Waals surface area contributed by atoms with Crippen LogP contribution in [0.1, 0.15) is 37.9 Å². The van der Waals surface area contributed by atoms with Gasteiger partial charge in [0.1, 0.15) is 5.82 Å². The van der Waals surface area contributed by atoms with Crippen molar-refractivity contribution in [2.45, 2.75) is 38.4 Å². The Bertz CT molecular complexity index is 361. The van der Waals surface area contributed by atoms with Gasteiger partial charge in [-0.25, -0.2) is 4.39 Å². The van der Waals surface area contributed by atoms with E-state index in [-0.39, 0.29) is 5.82 Å². The van der Waals surface area contributed by atoms with E-state index in [9.17, 15) is 9.50 Å². The van der Waals surface area contributed by atoms with Gasteiger partial charge in [-0.05, 0) is 38.2 Å². The molecule has 94 valence electrons. The van der Waals surface area contributed by atoms with Crippen molar-refractivity contribution in [2.75, 3.05) is 6.61 Å². The van der Waals surface area contributed by atoms with E-state index in [0.29, 0.717) is 24.0 Å². The fraction of sp³-hybridized carbons (Fsp3) is 0.571. The summed E-state index contributed by atoms with van der Waals surface area (Å²) in [6.07, 6.45) is 2.25. The largest absolute Gasteiger partial charge is 0.388 e. The summed E-state index contributed by atoms with van der Waals surface area (Å²) in [6.45, 7) is 2.73. The van der Waals surface area contributed by atoms with Gasteiger partial charge in [0.25, 0.3) is 0 Å². The minimum Gasteiger partial charge on any atom is -0.388 e. The second-order valence-corrected chi connectivity index (χ2v) is 4.69. The van der Waals surface area contributed by atoms with Crippen molar-refractivity contribution in [3.05, 3.63) is 35.6 Å². The lowest BCUT2D eigenvalue weighted by Gasteiger charge is -2.36. The van der Waals surface area contributed by atoms with Crippen molar-refractivity contribution in [2.24, 2.45) is 5.92 Å². The summed E-state index contributed by atoms with van der Waals surface area (Å²) in [5.41, 5.74) is 0.410. The van der Waals surface area contributed by atoms with Gasteiger partial charge in [0.05, 0.1) is 12.2 Å². The Kier molecular flexibility index (Phi) is 4.13. The molecule has 0 aromatic heterocycles. The quantitative estimate of drug-likeness (QED) is 0.854. The molecule has 2 rings (SSSR count). The molecule has 2 nitrogen and oxygen atoms in total. The van der Waals surface area contributed by atoms with Crippen LogP contribution in [-0.4, -0.2) is 17.8 Å². The van der Waals surface area contributed by atoms with Crippen molar-refractivity contribution in [1.29, 1.82) is 0 Å². The fourth-order valence-electron chi connectivity index (χ4n) is 2.43. The van der Waals surface area contributed by atoms with Crippen molar-refractivity contribution >= 4 is 0 Å². The maximum Gasteiger partial charge on any atom is 0.128 e. The van der Waals surface area contributed by atoms with E-state index in [1.807, 2.05) is 6.92 Å². The average Bonchev–Trinajstić information content (AvgIpc) is 2.26. The lowest BCUT2D eigenvalue weighted by molar-refractivity contribution is -0.0382. The van der Waals surface area contributed by atoms with Gasteiger partial charge in [-0.15, -0.1) is 0 Å². The highest BCUT2D eigenvalue weighted by Crippen LogP contribution is 2.37. The molecule has 0 heterocycles. The van der Waals surface area contributed by atoms with Crippen LogP contribution in [0.15, 0.2) is 24.3 Å². The number of aliphatic hydroxyl groups excluding tert-OH is 1. The van der Waals surface area contributed by atoms with Crippen LogP contribution in [0, 0.1) is 11.7 Å². The van der Waals surface area contributed by atoms with E-state index in [2.05, 4.69) is 0 Å². The predicted octanol–water partition coefficient (Wildman–Crippen LogP) is 3.06. The third-order valence-electron chi connectivity index (χ3n) is 3.42. The van der Waals surface area contributed by atoms with E-state index < -0.39 is 6.10 Å². The van der Waals surface area contributed by atoms with Crippen LogP contribution in [0.25, 0.3) is 0 Å². The second kappa shape index (κ2) is 5.61. The fourth-order valence-corrected chi connectivity index (χ4v) is 2.43. The molecule has 1 N–H and O–H groups in total. The summed E-state index contributed by atoms with van der Waals surface area (Å²) >= 11 is 0. The zero-order valence-electron chi connectivity index (χ0n) is 10.1. The number of aliphatic hydroxyl groups is 1. The molecule has 0 spiro atoms. The highest BCUT2D eigenvalue weighted by atomic mass is 19.1. The lowest BCUT2D eigenvalue weighted by atomic mass is 9.78. The van der Waals surface area contributed by atoms with Gasteiger partial charge in [-0.1, -0.05) is 18.2 Å². The average molecular weight is 238 g/mol. The van der Waals surface area contributed by atoms with Gasteiger partial charge in [0, 0.05) is 12.2 Å². The van der Waals surface area contributed by atoms with Crippen LogP contribution in [-0.2, 0) is 4.74 Å². The van der Waals surface area contributed by atoms with Crippen LogP contribution in [0.3, 0.4) is 0 Å². The Hall–Kier alpha value is -0.930. The van der Waals surface area contributed by atoms with Crippen LogP contribution in [0.2, 0.25) is 0 Å². The molecular formula is C14H19FO2. The molecule has 1 aromatic carbocycles. The number of rotatable bonds is 5. The molecule has 0 aliphatic heterocycles. The molecule has 0 bridgehead atoms. The van der Waals surface area contributed by atoms with Crippen molar-refractivity contribution in [3.63, 3.8) is 0 Å². The van der Waals surface area contributed by atoms with E-state index >= 15 is 0 Å². The third-order valence-corrected chi connectivity index (χ3v) is 3.42. The molecule has 1 atom stereocenters. The minimum atomic E-state index is -0.691. The van der Waals surface area contributed by atoms with Crippen LogP contribution >= 0.6 is 0 Å². The van der Waals surface area contributed by atoms with Crippen LogP contribution in [0.5, 0.6) is 0 Å². The summed E-state index contributed by atoms with van der Waals surface area (Å²) in [7, 11) is 0. The molecule has 0 radical (unpaired) electrons. The number of benzene rings is 1. The number of hydrogen-bond donors (Lipinski definition) is 1. The normalized spacial score (nSPS) is 25.4. The van der Waals surface area contributed by atoms with Crippen molar-refractivity contribution in [1.82, 2.24) is 0 Å². The Morgan fingerprint density at radius 2 is 2.12 bits per heavy atom. The Morgan fingerprint density at radius 1 is 1.41 bits per heavy atom. The van der Waals surface area contributed by atoms with Crippen LogP contribution < -0.4 is 0 Å². The molecular weight excluding hydrogens is 219 g/mol. The second-order valence-electron chi connectivity index (χ2n) is 4.69. The van der Waals surface area contributed by atoms with Gasteiger partial charge >= 0.3 is 0 Å². The standard InChI is InChI=1S/C14H19FO2/c1-2-17-11-7-10(8-11)9-14(16)12-5-3-4-6-13(12)15/h3-6,10-11,14,16H,2,7-9H2,1H3. The van der Waals surface area contributed by atoms with Gasteiger partial charge in [-0.3, -0.25) is 0 Å². The Balaban J connectivity index is 1.83. The molecule has 17 heavy (non-hydrogen) atoms. The van der Waals surface area contributed by atoms with E-state index in [4.69, 9.17) is 4.74 Å². The Morgan fingerprint density at radius 3 is 2.76 bits per heavy atom. The smallest absolute Gasteiger partial charge is 0.128 e. The summed E-state index contributed by atoms with van der Waals surface area (Å²) in [4.78, 5) is 0. The van der Waals surface area contributed by atoms with Gasteiger partial charge in [-0.2, -0.15) is 0 Å². The zero-order valence-corrected chi connectivity index (χ0v) is 10.1. The number of hydrogen-bond acceptors (Lipinski definition) is 2. The molecule has 1 fully saturated rings. The maximum atomic E-state index is 13.4. The molecule has 0 amide bonds. The van der Waals surface area contributed by atoms with Gasteiger partial charge < -0.3 is 9.84 Å². The highest BCUT2D eigenvalue weighted by molar-refractivity contribution is 5.19. The topological polar surface area (TPSA) is 29.5 Å². The van der Waals surface area contributed by atoms with Crippen LogP contribution in [0.4, 0.5) is 4.39 Å². The minimum absolute atomic E-state index is 0.319. The first-order valence-corrected chi connectivity index (χ1v) is 6.24. The van der Waals surface area contributed by atoms with Gasteiger partial charge in [0.15, 0.2) is 0 Å². The summed E-state index contributed by atoms with van der Waals surface area (Å²) in [6, 6.07) is 6.44. The molecule has 1 aliphatic carbocycles. The first kappa shape index (κ1) is 12.5. The zero-order chi connectivity index (χ0) is 12.3. The maximum absolute atomic E-state index is 13.4. The summed E-state index contributed by atoms with van der Waals surface area (Å²) < 4.78 is 18.9. The molecule has 0 saturated heterocycles. The highest BCUT2D eigenvalue weighted by Gasteiger charge is 2.31. The third kappa shape index (κ3) is 3.05. The summed E-state index contributed by atoms with van der Waals surface area (Å²) in [5.74, 6) is 0.141. The first-order valence-electron chi connectivity index (χ1n) is 6.24. The molecule has 1 aromatic rings. The number of halogens is 1.